The third kappa shape index (κ3) is 3.23. The van der Waals surface area contributed by atoms with Gasteiger partial charge in [-0.15, -0.1) is 0 Å². The van der Waals surface area contributed by atoms with Crippen LogP contribution in [-0.4, -0.2) is 32.5 Å². The molecule has 0 bridgehead atoms. The monoisotopic (exact) mass is 359 g/mol. The van der Waals surface area contributed by atoms with Crippen molar-refractivity contribution >= 4 is 22.2 Å². The van der Waals surface area contributed by atoms with Gasteiger partial charge in [0.1, 0.15) is 12.4 Å². The lowest BCUT2D eigenvalue weighted by molar-refractivity contribution is 0.170. The molecule has 1 saturated heterocycles. The van der Waals surface area contributed by atoms with E-state index in [2.05, 4.69) is 0 Å². The van der Waals surface area contributed by atoms with Crippen molar-refractivity contribution in [2.24, 2.45) is 0 Å². The molecule has 7 heteroatoms. The zero-order chi connectivity index (χ0) is 18.0. The summed E-state index contributed by atoms with van der Waals surface area (Å²) >= 11 is 0. The number of ether oxygens (including phenoxy) is 2. The summed E-state index contributed by atoms with van der Waals surface area (Å²) in [5.74, 6) is 0.571. The molecule has 1 heterocycles. The van der Waals surface area contributed by atoms with Gasteiger partial charge in [0.2, 0.25) is 0 Å². The SMILES string of the molecule is COc1ccccc1/C=C1\COC(=O)N1S(=O)(=O)c1ccc(C)cc1. The lowest BCUT2D eigenvalue weighted by Gasteiger charge is -2.16. The van der Waals surface area contributed by atoms with E-state index in [1.807, 2.05) is 6.92 Å². The lowest BCUT2D eigenvalue weighted by Crippen LogP contribution is -2.30. The average Bonchev–Trinajstić information content (AvgIpc) is 2.97. The summed E-state index contributed by atoms with van der Waals surface area (Å²) in [6, 6.07) is 13.4. The number of amides is 1. The molecule has 2 aromatic rings. The lowest BCUT2D eigenvalue weighted by atomic mass is 10.1. The Morgan fingerprint density at radius 2 is 1.80 bits per heavy atom. The average molecular weight is 359 g/mol. The number of hydrogen-bond acceptors (Lipinski definition) is 5. The number of benzene rings is 2. The van der Waals surface area contributed by atoms with Crippen LogP contribution in [0.1, 0.15) is 11.1 Å². The van der Waals surface area contributed by atoms with Crippen molar-refractivity contribution in [2.75, 3.05) is 13.7 Å². The summed E-state index contributed by atoms with van der Waals surface area (Å²) in [5, 5.41) is 0. The molecule has 6 nitrogen and oxygen atoms in total. The molecule has 2 aromatic carbocycles. The molecule has 0 aromatic heterocycles. The molecular formula is C18H17NO5S. The van der Waals surface area contributed by atoms with Gasteiger partial charge in [-0.3, -0.25) is 0 Å². The van der Waals surface area contributed by atoms with Crippen LogP contribution in [-0.2, 0) is 14.8 Å². The maximum absolute atomic E-state index is 12.9. The van der Waals surface area contributed by atoms with Gasteiger partial charge in [-0.2, -0.15) is 4.31 Å². The van der Waals surface area contributed by atoms with Crippen molar-refractivity contribution in [3.63, 3.8) is 0 Å². The van der Waals surface area contributed by atoms with Crippen molar-refractivity contribution in [2.45, 2.75) is 11.8 Å². The molecule has 0 radical (unpaired) electrons. The molecule has 0 spiro atoms. The summed E-state index contributed by atoms with van der Waals surface area (Å²) in [5.41, 5.74) is 1.81. The Hall–Kier alpha value is -2.80. The van der Waals surface area contributed by atoms with Crippen LogP contribution in [0.25, 0.3) is 6.08 Å². The van der Waals surface area contributed by atoms with Crippen LogP contribution in [0.3, 0.4) is 0 Å². The van der Waals surface area contributed by atoms with Crippen LogP contribution in [0.4, 0.5) is 4.79 Å². The van der Waals surface area contributed by atoms with Gasteiger partial charge in [0.25, 0.3) is 10.0 Å². The first kappa shape index (κ1) is 17.0. The minimum absolute atomic E-state index is 0.0304. The van der Waals surface area contributed by atoms with Crippen molar-refractivity contribution in [1.82, 2.24) is 4.31 Å². The Morgan fingerprint density at radius 3 is 2.48 bits per heavy atom. The number of carbonyl (C=O) groups excluding carboxylic acids is 1. The minimum atomic E-state index is -4.04. The fourth-order valence-electron chi connectivity index (χ4n) is 2.50. The molecule has 3 rings (SSSR count). The standard InChI is InChI=1S/C18H17NO5S/c1-13-7-9-16(10-8-13)25(21,22)19-15(12-24-18(19)20)11-14-5-3-4-6-17(14)23-2/h3-11H,12H2,1-2H3/b15-11+. The van der Waals surface area contributed by atoms with Gasteiger partial charge >= 0.3 is 6.09 Å². The minimum Gasteiger partial charge on any atom is -0.496 e. The molecule has 0 saturated carbocycles. The topological polar surface area (TPSA) is 72.9 Å². The van der Waals surface area contributed by atoms with E-state index in [1.54, 1.807) is 42.5 Å². The Balaban J connectivity index is 2.05. The quantitative estimate of drug-likeness (QED) is 0.838. The van der Waals surface area contributed by atoms with Gasteiger partial charge < -0.3 is 9.47 Å². The molecule has 1 aliphatic heterocycles. The van der Waals surface area contributed by atoms with Gasteiger partial charge in [-0.05, 0) is 31.2 Å². The van der Waals surface area contributed by atoms with Gasteiger partial charge in [0, 0.05) is 5.56 Å². The number of nitrogens with zero attached hydrogens (tertiary/aromatic N) is 1. The Bertz CT molecular complexity index is 932. The van der Waals surface area contributed by atoms with E-state index in [1.165, 1.54) is 19.2 Å². The van der Waals surface area contributed by atoms with Crippen LogP contribution in [0.15, 0.2) is 59.1 Å². The van der Waals surface area contributed by atoms with E-state index in [-0.39, 0.29) is 17.2 Å². The highest BCUT2D eigenvalue weighted by Crippen LogP contribution is 2.29. The highest BCUT2D eigenvalue weighted by atomic mass is 32.2. The first-order chi connectivity index (χ1) is 11.9. The zero-order valence-corrected chi connectivity index (χ0v) is 14.6. The summed E-state index contributed by atoms with van der Waals surface area (Å²) in [7, 11) is -2.52. The molecule has 25 heavy (non-hydrogen) atoms. The number of cyclic esters (lactones) is 1. The molecule has 1 aliphatic rings. The number of methoxy groups -OCH3 is 1. The summed E-state index contributed by atoms with van der Waals surface area (Å²) < 4.78 is 36.6. The molecule has 0 atom stereocenters. The second-order valence-electron chi connectivity index (χ2n) is 5.51. The zero-order valence-electron chi connectivity index (χ0n) is 13.8. The van der Waals surface area contributed by atoms with Crippen molar-refractivity contribution in [1.29, 1.82) is 0 Å². The summed E-state index contributed by atoms with van der Waals surface area (Å²) in [4.78, 5) is 12.1. The molecule has 1 fully saturated rings. The van der Waals surface area contributed by atoms with Crippen LogP contribution >= 0.6 is 0 Å². The first-order valence-electron chi connectivity index (χ1n) is 7.56. The third-order valence-electron chi connectivity index (χ3n) is 3.79. The maximum atomic E-state index is 12.9. The first-order valence-corrected chi connectivity index (χ1v) is 9.00. The second kappa shape index (κ2) is 6.60. The smallest absolute Gasteiger partial charge is 0.428 e. The largest absolute Gasteiger partial charge is 0.496 e. The van der Waals surface area contributed by atoms with Crippen LogP contribution in [0.2, 0.25) is 0 Å². The van der Waals surface area contributed by atoms with Crippen molar-refractivity contribution in [3.8, 4) is 5.75 Å². The van der Waals surface area contributed by atoms with E-state index in [0.29, 0.717) is 15.6 Å². The van der Waals surface area contributed by atoms with E-state index in [4.69, 9.17) is 9.47 Å². The normalized spacial score (nSPS) is 16.2. The highest BCUT2D eigenvalue weighted by molar-refractivity contribution is 7.89. The molecule has 0 aliphatic carbocycles. The number of para-hydroxylation sites is 1. The predicted octanol–water partition coefficient (Wildman–Crippen LogP) is 3.19. The number of carbonyl (C=O) groups is 1. The molecule has 1 amide bonds. The highest BCUT2D eigenvalue weighted by Gasteiger charge is 2.39. The fourth-order valence-corrected chi connectivity index (χ4v) is 3.86. The van der Waals surface area contributed by atoms with Crippen molar-refractivity contribution in [3.05, 3.63) is 65.4 Å². The van der Waals surface area contributed by atoms with Gasteiger partial charge in [-0.1, -0.05) is 35.9 Å². The Labute approximate surface area is 146 Å². The number of sulfonamides is 1. The number of hydrogen-bond donors (Lipinski definition) is 0. The van der Waals surface area contributed by atoms with Gasteiger partial charge in [0.05, 0.1) is 17.7 Å². The van der Waals surface area contributed by atoms with E-state index in [0.717, 1.165) is 5.56 Å². The van der Waals surface area contributed by atoms with E-state index < -0.39 is 16.1 Å². The Kier molecular flexibility index (Phi) is 4.50. The fraction of sp³-hybridized carbons (Fsp3) is 0.167. The molecular weight excluding hydrogens is 342 g/mol. The molecule has 130 valence electrons. The van der Waals surface area contributed by atoms with Gasteiger partial charge in [-0.25, -0.2) is 13.2 Å². The van der Waals surface area contributed by atoms with Crippen LogP contribution in [0.5, 0.6) is 5.75 Å². The van der Waals surface area contributed by atoms with E-state index in [9.17, 15) is 13.2 Å². The third-order valence-corrected chi connectivity index (χ3v) is 5.52. The Morgan fingerprint density at radius 1 is 1.12 bits per heavy atom. The molecule has 0 unspecified atom stereocenters. The predicted molar refractivity (Wildman–Crippen MR) is 92.5 cm³/mol. The summed E-state index contributed by atoms with van der Waals surface area (Å²) in [6.07, 6.45) is 0.664. The second-order valence-corrected chi connectivity index (χ2v) is 7.30. The number of aryl methyl sites for hydroxylation is 1. The molecule has 0 N–H and O–H groups in total. The van der Waals surface area contributed by atoms with E-state index >= 15 is 0 Å². The van der Waals surface area contributed by atoms with Crippen LogP contribution in [0, 0.1) is 6.92 Å². The summed E-state index contributed by atoms with van der Waals surface area (Å²) in [6.45, 7) is 1.73. The maximum Gasteiger partial charge on any atom is 0.428 e. The number of rotatable bonds is 4. The van der Waals surface area contributed by atoms with Crippen molar-refractivity contribution < 1.29 is 22.7 Å². The van der Waals surface area contributed by atoms with Gasteiger partial charge in [0.15, 0.2) is 0 Å². The van der Waals surface area contributed by atoms with Crippen LogP contribution < -0.4 is 4.74 Å².